The van der Waals surface area contributed by atoms with E-state index in [0.717, 1.165) is 31.2 Å². The quantitative estimate of drug-likeness (QED) is 0.754. The molecule has 1 unspecified atom stereocenters. The summed E-state index contributed by atoms with van der Waals surface area (Å²) in [7, 11) is 0. The van der Waals surface area contributed by atoms with E-state index in [-0.39, 0.29) is 0 Å². The third-order valence-electron chi connectivity index (χ3n) is 3.52. The standard InChI is InChI=1S/C16H21N3O2/c1-2-3-4-8-11-15(16(20)21)19-12-14(17-18-19)13-9-6-5-7-10-13/h5-7,9-10,12,15H,2-4,8,11H2,1H3,(H,20,21). The van der Waals surface area contributed by atoms with E-state index in [1.807, 2.05) is 30.3 Å². The maximum Gasteiger partial charge on any atom is 0.328 e. The smallest absolute Gasteiger partial charge is 0.328 e. The molecular formula is C16H21N3O2. The summed E-state index contributed by atoms with van der Waals surface area (Å²) in [5.41, 5.74) is 1.65. The number of benzene rings is 1. The lowest BCUT2D eigenvalue weighted by Gasteiger charge is -2.11. The number of carboxylic acid groups (broad SMARTS) is 1. The van der Waals surface area contributed by atoms with Crippen LogP contribution in [0.25, 0.3) is 11.3 Å². The number of hydrogen-bond donors (Lipinski definition) is 1. The van der Waals surface area contributed by atoms with E-state index in [1.165, 1.54) is 4.68 Å². The second-order valence-electron chi connectivity index (χ2n) is 5.15. The molecule has 0 saturated heterocycles. The van der Waals surface area contributed by atoms with Crippen LogP contribution in [0.5, 0.6) is 0 Å². The lowest BCUT2D eigenvalue weighted by atomic mass is 10.1. The van der Waals surface area contributed by atoms with Crippen LogP contribution >= 0.6 is 0 Å². The highest BCUT2D eigenvalue weighted by atomic mass is 16.4. The van der Waals surface area contributed by atoms with Crippen molar-refractivity contribution >= 4 is 5.97 Å². The van der Waals surface area contributed by atoms with Gasteiger partial charge in [-0.15, -0.1) is 5.10 Å². The molecular weight excluding hydrogens is 266 g/mol. The lowest BCUT2D eigenvalue weighted by Crippen LogP contribution is -2.19. The molecule has 5 nitrogen and oxygen atoms in total. The minimum Gasteiger partial charge on any atom is -0.480 e. The molecule has 0 saturated carbocycles. The van der Waals surface area contributed by atoms with Gasteiger partial charge in [0, 0.05) is 5.56 Å². The normalized spacial score (nSPS) is 12.2. The molecule has 0 aliphatic heterocycles. The largest absolute Gasteiger partial charge is 0.480 e. The molecule has 0 aliphatic rings. The van der Waals surface area contributed by atoms with E-state index in [9.17, 15) is 9.90 Å². The zero-order valence-electron chi connectivity index (χ0n) is 12.3. The van der Waals surface area contributed by atoms with Gasteiger partial charge in [0.1, 0.15) is 5.69 Å². The Labute approximate surface area is 124 Å². The Morgan fingerprint density at radius 3 is 2.67 bits per heavy atom. The van der Waals surface area contributed by atoms with Gasteiger partial charge in [0.25, 0.3) is 0 Å². The zero-order valence-corrected chi connectivity index (χ0v) is 12.3. The highest BCUT2D eigenvalue weighted by Gasteiger charge is 2.21. The van der Waals surface area contributed by atoms with Gasteiger partial charge in [-0.25, -0.2) is 9.48 Å². The average Bonchev–Trinajstić information content (AvgIpc) is 2.97. The minimum absolute atomic E-state index is 0.590. The molecule has 0 aliphatic carbocycles. The summed E-state index contributed by atoms with van der Waals surface area (Å²) in [6.45, 7) is 2.14. The van der Waals surface area contributed by atoms with Crippen molar-refractivity contribution in [2.24, 2.45) is 0 Å². The Morgan fingerprint density at radius 1 is 1.24 bits per heavy atom. The summed E-state index contributed by atoms with van der Waals surface area (Å²) in [5.74, 6) is -0.851. The van der Waals surface area contributed by atoms with Crippen LogP contribution in [0, 0.1) is 0 Å². The molecule has 5 heteroatoms. The number of carboxylic acids is 1. The number of hydrogen-bond acceptors (Lipinski definition) is 3. The predicted molar refractivity (Wildman–Crippen MR) is 80.9 cm³/mol. The van der Waals surface area contributed by atoms with Crippen molar-refractivity contribution in [3.05, 3.63) is 36.5 Å². The molecule has 2 rings (SSSR count). The van der Waals surface area contributed by atoms with Gasteiger partial charge >= 0.3 is 5.97 Å². The number of unbranched alkanes of at least 4 members (excludes halogenated alkanes) is 3. The van der Waals surface area contributed by atoms with E-state index in [0.29, 0.717) is 12.1 Å². The topological polar surface area (TPSA) is 68.0 Å². The Morgan fingerprint density at radius 2 is 2.00 bits per heavy atom. The number of nitrogens with zero attached hydrogens (tertiary/aromatic N) is 3. The van der Waals surface area contributed by atoms with Crippen molar-refractivity contribution in [1.29, 1.82) is 0 Å². The Balaban J connectivity index is 2.07. The third kappa shape index (κ3) is 4.15. The Kier molecular flexibility index (Phi) is 5.49. The van der Waals surface area contributed by atoms with E-state index >= 15 is 0 Å². The average molecular weight is 287 g/mol. The van der Waals surface area contributed by atoms with Crippen LogP contribution in [0.1, 0.15) is 45.1 Å². The van der Waals surface area contributed by atoms with Gasteiger partial charge in [0.05, 0.1) is 6.20 Å². The first-order chi connectivity index (χ1) is 10.2. The van der Waals surface area contributed by atoms with Gasteiger partial charge in [-0.2, -0.15) is 0 Å². The summed E-state index contributed by atoms with van der Waals surface area (Å²) in [4.78, 5) is 11.4. The van der Waals surface area contributed by atoms with Crippen LogP contribution in [-0.2, 0) is 4.79 Å². The van der Waals surface area contributed by atoms with Gasteiger partial charge < -0.3 is 5.11 Å². The summed E-state index contributed by atoms with van der Waals surface area (Å²) >= 11 is 0. The summed E-state index contributed by atoms with van der Waals surface area (Å²) < 4.78 is 1.47. The van der Waals surface area contributed by atoms with Crippen LogP contribution in [0.4, 0.5) is 0 Å². The lowest BCUT2D eigenvalue weighted by molar-refractivity contribution is -0.141. The minimum atomic E-state index is -0.851. The molecule has 0 fully saturated rings. The van der Waals surface area contributed by atoms with E-state index in [2.05, 4.69) is 17.2 Å². The molecule has 1 aromatic carbocycles. The number of aliphatic carboxylic acids is 1. The molecule has 112 valence electrons. The van der Waals surface area contributed by atoms with Gasteiger partial charge in [0.15, 0.2) is 6.04 Å². The van der Waals surface area contributed by atoms with Gasteiger partial charge in [0.2, 0.25) is 0 Å². The molecule has 0 spiro atoms. The third-order valence-corrected chi connectivity index (χ3v) is 3.52. The number of aromatic nitrogens is 3. The van der Waals surface area contributed by atoms with Crippen molar-refractivity contribution in [3.63, 3.8) is 0 Å². The number of carbonyl (C=O) groups is 1. The Hall–Kier alpha value is -2.17. The summed E-state index contributed by atoms with van der Waals surface area (Å²) in [6.07, 6.45) is 6.53. The highest BCUT2D eigenvalue weighted by Crippen LogP contribution is 2.20. The highest BCUT2D eigenvalue weighted by molar-refractivity contribution is 5.72. The van der Waals surface area contributed by atoms with E-state index < -0.39 is 12.0 Å². The molecule has 0 amide bonds. The first-order valence-electron chi connectivity index (χ1n) is 7.42. The molecule has 2 aromatic rings. The molecule has 1 N–H and O–H groups in total. The van der Waals surface area contributed by atoms with Crippen molar-refractivity contribution in [2.45, 2.75) is 45.1 Å². The second-order valence-corrected chi connectivity index (χ2v) is 5.15. The molecule has 1 atom stereocenters. The maximum absolute atomic E-state index is 11.4. The maximum atomic E-state index is 11.4. The number of rotatable bonds is 8. The molecule has 0 bridgehead atoms. The van der Waals surface area contributed by atoms with Crippen molar-refractivity contribution in [2.75, 3.05) is 0 Å². The van der Waals surface area contributed by atoms with E-state index in [1.54, 1.807) is 6.20 Å². The van der Waals surface area contributed by atoms with Crippen LogP contribution in [0.15, 0.2) is 36.5 Å². The Bertz CT molecular complexity index is 566. The first-order valence-corrected chi connectivity index (χ1v) is 7.42. The zero-order chi connectivity index (χ0) is 15.1. The van der Waals surface area contributed by atoms with Crippen LogP contribution in [0.3, 0.4) is 0 Å². The molecule has 21 heavy (non-hydrogen) atoms. The van der Waals surface area contributed by atoms with Crippen molar-refractivity contribution < 1.29 is 9.90 Å². The van der Waals surface area contributed by atoms with Crippen molar-refractivity contribution in [1.82, 2.24) is 15.0 Å². The molecule has 1 aromatic heterocycles. The SMILES string of the molecule is CCCCCCC(C(=O)O)n1cc(-c2ccccc2)nn1. The monoisotopic (exact) mass is 287 g/mol. The van der Waals surface area contributed by atoms with Crippen LogP contribution in [-0.4, -0.2) is 26.1 Å². The van der Waals surface area contributed by atoms with Crippen molar-refractivity contribution in [3.8, 4) is 11.3 Å². The van der Waals surface area contributed by atoms with E-state index in [4.69, 9.17) is 0 Å². The first kappa shape index (κ1) is 15.2. The van der Waals surface area contributed by atoms with Gasteiger partial charge in [-0.05, 0) is 6.42 Å². The predicted octanol–water partition coefficient (Wildman–Crippen LogP) is 3.54. The van der Waals surface area contributed by atoms with Crippen LogP contribution in [0.2, 0.25) is 0 Å². The summed E-state index contributed by atoms with van der Waals surface area (Å²) in [6, 6.07) is 9.02. The fourth-order valence-corrected chi connectivity index (χ4v) is 2.30. The fourth-order valence-electron chi connectivity index (χ4n) is 2.30. The van der Waals surface area contributed by atoms with Crippen LogP contribution < -0.4 is 0 Å². The van der Waals surface area contributed by atoms with Gasteiger partial charge in [-0.3, -0.25) is 0 Å². The second kappa shape index (κ2) is 7.57. The fraction of sp³-hybridized carbons (Fsp3) is 0.438. The van der Waals surface area contributed by atoms with Gasteiger partial charge in [-0.1, -0.05) is 68.2 Å². The summed E-state index contributed by atoms with van der Waals surface area (Å²) in [5, 5.41) is 17.5. The molecule has 0 radical (unpaired) electrons. The molecule has 1 heterocycles.